The highest BCUT2D eigenvalue weighted by Crippen LogP contribution is 2.37. The van der Waals surface area contributed by atoms with Gasteiger partial charge in [-0.15, -0.1) is 0 Å². The van der Waals surface area contributed by atoms with E-state index < -0.39 is 15.8 Å². The summed E-state index contributed by atoms with van der Waals surface area (Å²) in [5.74, 6) is -1.17. The number of nitrogens with zero attached hydrogens (tertiary/aromatic N) is 4. The van der Waals surface area contributed by atoms with Gasteiger partial charge in [-0.25, -0.2) is 22.8 Å². The Morgan fingerprint density at radius 1 is 1.18 bits per heavy atom. The van der Waals surface area contributed by atoms with Crippen molar-refractivity contribution in [3.05, 3.63) is 64.7 Å². The zero-order chi connectivity index (χ0) is 23.9. The van der Waals surface area contributed by atoms with Gasteiger partial charge < -0.3 is 9.14 Å². The smallest absolute Gasteiger partial charge is 0.267 e. The van der Waals surface area contributed by atoms with Crippen LogP contribution in [0.1, 0.15) is 17.4 Å². The molecule has 9 nitrogen and oxygen atoms in total. The van der Waals surface area contributed by atoms with E-state index in [4.69, 9.17) is 27.9 Å². The van der Waals surface area contributed by atoms with E-state index in [0.717, 1.165) is 12.1 Å². The average molecular weight is 510 g/mol. The van der Waals surface area contributed by atoms with Crippen LogP contribution in [0.25, 0.3) is 16.8 Å². The van der Waals surface area contributed by atoms with Gasteiger partial charge in [-0.2, -0.15) is 0 Å². The van der Waals surface area contributed by atoms with E-state index in [9.17, 15) is 17.6 Å². The van der Waals surface area contributed by atoms with Crippen molar-refractivity contribution in [3.8, 4) is 17.1 Å². The predicted molar refractivity (Wildman–Crippen MR) is 120 cm³/mol. The maximum absolute atomic E-state index is 14.7. The van der Waals surface area contributed by atoms with E-state index in [1.807, 2.05) is 0 Å². The second kappa shape index (κ2) is 8.58. The Morgan fingerprint density at radius 3 is 2.64 bits per heavy atom. The molecule has 0 bridgehead atoms. The van der Waals surface area contributed by atoms with Gasteiger partial charge in [-0.3, -0.25) is 14.5 Å². The second-order valence-corrected chi connectivity index (χ2v) is 9.23. The van der Waals surface area contributed by atoms with Crippen LogP contribution in [0.3, 0.4) is 0 Å². The lowest BCUT2D eigenvalue weighted by atomic mass is 10.1. The Labute approximate surface area is 197 Å². The molecule has 0 spiro atoms. The summed E-state index contributed by atoms with van der Waals surface area (Å²) in [5, 5.41) is -0.156. The summed E-state index contributed by atoms with van der Waals surface area (Å²) >= 11 is 12.3. The van der Waals surface area contributed by atoms with Crippen LogP contribution in [-0.2, 0) is 10.0 Å². The number of aromatic nitrogens is 4. The maximum atomic E-state index is 14.7. The lowest BCUT2D eigenvalue weighted by Gasteiger charge is -2.14. The van der Waals surface area contributed by atoms with E-state index in [2.05, 4.69) is 19.7 Å². The van der Waals surface area contributed by atoms with E-state index in [1.165, 1.54) is 49.4 Å². The Hall–Kier alpha value is -3.28. The third-order valence-electron chi connectivity index (χ3n) is 4.61. The lowest BCUT2D eigenvalue weighted by molar-refractivity contribution is 0.101. The van der Waals surface area contributed by atoms with Crippen LogP contribution in [0.15, 0.2) is 48.0 Å². The Balaban J connectivity index is 1.79. The zero-order valence-corrected chi connectivity index (χ0v) is 19.3. The number of carbonyl (C=O) groups excluding carboxylic acids is 1. The lowest BCUT2D eigenvalue weighted by Crippen LogP contribution is -2.15. The number of benzene rings is 1. The summed E-state index contributed by atoms with van der Waals surface area (Å²) in [6, 6.07) is 3.38. The normalized spacial score (nSPS) is 11.5. The van der Waals surface area contributed by atoms with Crippen LogP contribution < -0.4 is 9.46 Å². The number of fused-ring (bicyclic) bond motifs is 1. The number of hydrogen-bond acceptors (Lipinski definition) is 7. The molecule has 1 N–H and O–H groups in total. The molecule has 0 saturated heterocycles. The molecule has 0 amide bonds. The SMILES string of the molecule is COc1ncc(Cl)cc1S(=O)(=O)Nc1ccc(F)c(-c2cn3cnc(C(C)=O)c3cn2)c1Cl. The van der Waals surface area contributed by atoms with Crippen molar-refractivity contribution in [2.75, 3.05) is 11.8 Å². The molecule has 0 aliphatic heterocycles. The van der Waals surface area contributed by atoms with Crippen LogP contribution in [-0.4, -0.2) is 40.7 Å². The monoisotopic (exact) mass is 509 g/mol. The number of imidazole rings is 1. The average Bonchev–Trinajstić information content (AvgIpc) is 3.19. The van der Waals surface area contributed by atoms with Crippen molar-refractivity contribution in [2.45, 2.75) is 11.8 Å². The first kappa shape index (κ1) is 22.9. The molecule has 0 aliphatic rings. The van der Waals surface area contributed by atoms with Crippen molar-refractivity contribution in [1.82, 2.24) is 19.4 Å². The fourth-order valence-electron chi connectivity index (χ4n) is 3.12. The molecule has 0 saturated carbocycles. The van der Waals surface area contributed by atoms with Gasteiger partial charge in [0, 0.05) is 19.3 Å². The first-order valence-electron chi connectivity index (χ1n) is 9.16. The molecule has 0 fully saturated rings. The highest BCUT2D eigenvalue weighted by molar-refractivity contribution is 7.92. The minimum absolute atomic E-state index is 0.0739. The number of ketones is 1. The van der Waals surface area contributed by atoms with Gasteiger partial charge in [0.15, 0.2) is 10.7 Å². The predicted octanol–water partition coefficient (Wildman–Crippen LogP) is 4.25. The Morgan fingerprint density at radius 2 is 1.94 bits per heavy atom. The summed E-state index contributed by atoms with van der Waals surface area (Å²) in [6.45, 7) is 1.37. The Bertz CT molecular complexity index is 1520. The summed E-state index contributed by atoms with van der Waals surface area (Å²) in [6.07, 6.45) is 5.40. The van der Waals surface area contributed by atoms with Gasteiger partial charge >= 0.3 is 0 Å². The second-order valence-electron chi connectivity index (χ2n) is 6.76. The number of pyridine rings is 1. The number of carbonyl (C=O) groups is 1. The number of sulfonamides is 1. The molecule has 13 heteroatoms. The number of Topliss-reactive ketones (excluding diaryl/α,β-unsaturated/α-hetero) is 1. The number of nitrogens with one attached hydrogen (secondary N) is 1. The first-order chi connectivity index (χ1) is 15.6. The molecular weight excluding hydrogens is 496 g/mol. The standard InChI is InChI=1S/C20H14Cl2FN5O4S/c1-10(29)19-15-7-24-14(8-28(15)9-26-19)17-12(23)3-4-13(18(17)22)27-33(30,31)16-5-11(21)6-25-20(16)32-2/h3-9,27H,1-2H3. The van der Waals surface area contributed by atoms with Crippen molar-refractivity contribution < 1.29 is 22.3 Å². The van der Waals surface area contributed by atoms with Crippen molar-refractivity contribution in [2.24, 2.45) is 0 Å². The number of ether oxygens (including phenoxy) is 1. The number of rotatable bonds is 6. The summed E-state index contributed by atoms with van der Waals surface area (Å²) in [5.41, 5.74) is 0.493. The van der Waals surface area contributed by atoms with Crippen LogP contribution in [0, 0.1) is 5.82 Å². The Kier molecular flexibility index (Phi) is 5.95. The minimum atomic E-state index is -4.26. The third-order valence-corrected chi connectivity index (χ3v) is 6.57. The highest BCUT2D eigenvalue weighted by Gasteiger charge is 2.25. The van der Waals surface area contributed by atoms with Gasteiger partial charge in [0.05, 0.1) is 45.8 Å². The van der Waals surface area contributed by atoms with Crippen molar-refractivity contribution >= 4 is 50.2 Å². The van der Waals surface area contributed by atoms with E-state index in [-0.39, 0.29) is 49.2 Å². The molecule has 4 aromatic rings. The molecule has 4 rings (SSSR count). The van der Waals surface area contributed by atoms with Crippen molar-refractivity contribution in [1.29, 1.82) is 0 Å². The van der Waals surface area contributed by atoms with Gasteiger partial charge in [-0.05, 0) is 18.2 Å². The molecular formula is C20H14Cl2FN5O4S. The topological polar surface area (TPSA) is 116 Å². The molecule has 0 atom stereocenters. The van der Waals surface area contributed by atoms with Crippen LogP contribution in [0.2, 0.25) is 10.0 Å². The molecule has 33 heavy (non-hydrogen) atoms. The third kappa shape index (κ3) is 4.22. The molecule has 0 radical (unpaired) electrons. The zero-order valence-electron chi connectivity index (χ0n) is 17.0. The molecule has 3 heterocycles. The number of methoxy groups -OCH3 is 1. The van der Waals surface area contributed by atoms with Gasteiger partial charge in [0.1, 0.15) is 17.8 Å². The van der Waals surface area contributed by atoms with Crippen LogP contribution in [0.5, 0.6) is 5.88 Å². The first-order valence-corrected chi connectivity index (χ1v) is 11.4. The fourth-order valence-corrected chi connectivity index (χ4v) is 4.91. The summed E-state index contributed by atoms with van der Waals surface area (Å²) in [7, 11) is -3.00. The molecule has 170 valence electrons. The molecule has 3 aromatic heterocycles. The van der Waals surface area contributed by atoms with Gasteiger partial charge in [0.2, 0.25) is 5.88 Å². The highest BCUT2D eigenvalue weighted by atomic mass is 35.5. The van der Waals surface area contributed by atoms with E-state index >= 15 is 0 Å². The van der Waals surface area contributed by atoms with E-state index in [1.54, 1.807) is 0 Å². The quantitative estimate of drug-likeness (QED) is 0.386. The number of halogens is 3. The minimum Gasteiger partial charge on any atom is -0.480 e. The fraction of sp³-hybridized carbons (Fsp3) is 0.100. The molecule has 0 aliphatic carbocycles. The van der Waals surface area contributed by atoms with E-state index in [0.29, 0.717) is 5.52 Å². The maximum Gasteiger partial charge on any atom is 0.267 e. The largest absolute Gasteiger partial charge is 0.480 e. The number of anilines is 1. The summed E-state index contributed by atoms with van der Waals surface area (Å²) in [4.78, 5) is 23.4. The van der Waals surface area contributed by atoms with Gasteiger partial charge in [0.25, 0.3) is 10.0 Å². The van der Waals surface area contributed by atoms with Gasteiger partial charge in [-0.1, -0.05) is 23.2 Å². The molecule has 0 unspecified atom stereocenters. The van der Waals surface area contributed by atoms with Crippen LogP contribution in [0.4, 0.5) is 10.1 Å². The van der Waals surface area contributed by atoms with Crippen LogP contribution >= 0.6 is 23.2 Å². The van der Waals surface area contributed by atoms with Crippen molar-refractivity contribution in [3.63, 3.8) is 0 Å². The number of hydrogen-bond donors (Lipinski definition) is 1. The molecule has 1 aromatic carbocycles. The summed E-state index contributed by atoms with van der Waals surface area (Å²) < 4.78 is 49.5.